The number of halogens is 1. The van der Waals surface area contributed by atoms with E-state index in [4.69, 9.17) is 16.6 Å². The van der Waals surface area contributed by atoms with Gasteiger partial charge in [-0.15, -0.1) is 11.8 Å². The molecule has 0 spiro atoms. The van der Waals surface area contributed by atoms with Gasteiger partial charge in [0.2, 0.25) is 5.78 Å². The first-order chi connectivity index (χ1) is 13.0. The van der Waals surface area contributed by atoms with Crippen molar-refractivity contribution in [1.29, 1.82) is 0 Å². The van der Waals surface area contributed by atoms with Crippen LogP contribution in [0.15, 0.2) is 70.5 Å². The minimum absolute atomic E-state index is 0.0794. The Kier molecular flexibility index (Phi) is 4.81. The number of aromatic nitrogens is 3. The van der Waals surface area contributed by atoms with Gasteiger partial charge >= 0.3 is 0 Å². The molecule has 0 atom stereocenters. The zero-order valence-corrected chi connectivity index (χ0v) is 16.6. The molecule has 4 rings (SSSR count). The number of nitrogens with zero attached hydrogens (tertiary/aromatic N) is 3. The molecule has 0 unspecified atom stereocenters. The van der Waals surface area contributed by atoms with Crippen LogP contribution in [-0.2, 0) is 6.54 Å². The summed E-state index contributed by atoms with van der Waals surface area (Å²) in [6, 6.07) is 17.6. The van der Waals surface area contributed by atoms with Gasteiger partial charge in [-0.3, -0.25) is 9.20 Å². The number of benzene rings is 2. The van der Waals surface area contributed by atoms with Gasteiger partial charge in [0.15, 0.2) is 0 Å². The molecule has 0 aliphatic carbocycles. The van der Waals surface area contributed by atoms with Gasteiger partial charge in [0.1, 0.15) is 0 Å². The lowest BCUT2D eigenvalue weighted by Crippen LogP contribution is -2.19. The summed E-state index contributed by atoms with van der Waals surface area (Å²) in [7, 11) is 0. The first-order valence-corrected chi connectivity index (χ1v) is 10.1. The second kappa shape index (κ2) is 7.25. The van der Waals surface area contributed by atoms with E-state index < -0.39 is 0 Å². The van der Waals surface area contributed by atoms with Gasteiger partial charge in [0.05, 0.1) is 12.2 Å². The van der Waals surface area contributed by atoms with Crippen LogP contribution >= 0.6 is 23.4 Å². The van der Waals surface area contributed by atoms with Crippen molar-refractivity contribution in [3.8, 4) is 11.3 Å². The number of rotatable bonds is 4. The lowest BCUT2D eigenvalue weighted by Gasteiger charge is -2.12. The van der Waals surface area contributed by atoms with Gasteiger partial charge < -0.3 is 4.57 Å². The highest BCUT2D eigenvalue weighted by molar-refractivity contribution is 7.98. The molecular formula is C21H18ClN3OS. The van der Waals surface area contributed by atoms with E-state index in [1.807, 2.05) is 31.2 Å². The van der Waals surface area contributed by atoms with E-state index >= 15 is 0 Å². The molecule has 0 N–H and O–H groups in total. The molecule has 2 aromatic heterocycles. The molecule has 4 aromatic rings. The third kappa shape index (κ3) is 3.53. The quantitative estimate of drug-likeness (QED) is 0.461. The zero-order valence-electron chi connectivity index (χ0n) is 15.0. The summed E-state index contributed by atoms with van der Waals surface area (Å²) < 4.78 is 3.67. The number of imidazole rings is 1. The van der Waals surface area contributed by atoms with Crippen LogP contribution in [0.3, 0.4) is 0 Å². The van der Waals surface area contributed by atoms with Gasteiger partial charge in [-0.05, 0) is 43.0 Å². The van der Waals surface area contributed by atoms with Crippen molar-refractivity contribution in [2.24, 2.45) is 0 Å². The Hall–Kier alpha value is -2.50. The maximum Gasteiger partial charge on any atom is 0.259 e. The van der Waals surface area contributed by atoms with Crippen LogP contribution in [0.4, 0.5) is 0 Å². The monoisotopic (exact) mass is 395 g/mol. The van der Waals surface area contributed by atoms with Gasteiger partial charge in [-0.1, -0.05) is 35.9 Å². The third-order valence-corrected chi connectivity index (χ3v) is 5.56. The predicted molar refractivity (Wildman–Crippen MR) is 112 cm³/mol. The van der Waals surface area contributed by atoms with E-state index in [1.165, 1.54) is 4.90 Å². The van der Waals surface area contributed by atoms with Crippen molar-refractivity contribution >= 4 is 29.1 Å². The summed E-state index contributed by atoms with van der Waals surface area (Å²) in [6.07, 6.45) is 3.85. The fourth-order valence-electron chi connectivity index (χ4n) is 3.08. The molecule has 0 aliphatic heterocycles. The van der Waals surface area contributed by atoms with Crippen LogP contribution in [0, 0.1) is 6.92 Å². The van der Waals surface area contributed by atoms with E-state index in [2.05, 4.69) is 35.1 Å². The van der Waals surface area contributed by atoms with Crippen LogP contribution in [0.2, 0.25) is 5.02 Å². The zero-order chi connectivity index (χ0) is 19.0. The standard InChI is InChI=1S/C21H18ClN3OS/c1-14-11-20(26)25-13-19(16-5-7-17(22)8-6-16)23-21(25)24(14)12-15-3-9-18(27-2)10-4-15/h3-11,13H,12H2,1-2H3. The molecule has 2 heterocycles. The Balaban J connectivity index is 1.81. The average molecular weight is 396 g/mol. The van der Waals surface area contributed by atoms with Crippen LogP contribution in [0.5, 0.6) is 0 Å². The number of aryl methyl sites for hydroxylation is 1. The van der Waals surface area contributed by atoms with E-state index in [0.717, 1.165) is 22.5 Å². The molecule has 0 fully saturated rings. The SMILES string of the molecule is CSc1ccc(Cn2c(C)cc(=O)n3cc(-c4ccc(Cl)cc4)nc23)cc1. The first-order valence-electron chi connectivity index (χ1n) is 8.53. The predicted octanol–water partition coefficient (Wildman–Crippen LogP) is 4.90. The van der Waals surface area contributed by atoms with Crippen molar-refractivity contribution in [2.45, 2.75) is 18.4 Å². The van der Waals surface area contributed by atoms with Crippen molar-refractivity contribution in [3.63, 3.8) is 0 Å². The van der Waals surface area contributed by atoms with Gasteiger partial charge in [-0.2, -0.15) is 0 Å². The highest BCUT2D eigenvalue weighted by Crippen LogP contribution is 2.22. The maximum atomic E-state index is 12.5. The van der Waals surface area contributed by atoms with E-state index in [0.29, 0.717) is 17.3 Å². The Morgan fingerprint density at radius 2 is 1.78 bits per heavy atom. The Morgan fingerprint density at radius 3 is 2.44 bits per heavy atom. The highest BCUT2D eigenvalue weighted by Gasteiger charge is 2.12. The van der Waals surface area contributed by atoms with E-state index in [-0.39, 0.29) is 5.56 Å². The smallest absolute Gasteiger partial charge is 0.259 e. The fourth-order valence-corrected chi connectivity index (χ4v) is 3.61. The number of thioether (sulfide) groups is 1. The summed E-state index contributed by atoms with van der Waals surface area (Å²) >= 11 is 7.70. The normalized spacial score (nSPS) is 11.2. The van der Waals surface area contributed by atoms with Gasteiger partial charge in [0, 0.05) is 33.4 Å². The van der Waals surface area contributed by atoms with Crippen LogP contribution in [-0.4, -0.2) is 20.2 Å². The minimum atomic E-state index is -0.0794. The van der Waals surface area contributed by atoms with Crippen molar-refractivity contribution < 1.29 is 0 Å². The second-order valence-electron chi connectivity index (χ2n) is 6.36. The lowest BCUT2D eigenvalue weighted by atomic mass is 10.2. The molecule has 0 aliphatic rings. The Bertz CT molecular complexity index is 1160. The summed E-state index contributed by atoms with van der Waals surface area (Å²) in [6.45, 7) is 2.59. The fraction of sp³-hybridized carbons (Fsp3) is 0.143. The first kappa shape index (κ1) is 17.9. The summed E-state index contributed by atoms with van der Waals surface area (Å²) in [5, 5.41) is 0.673. The summed E-state index contributed by atoms with van der Waals surface area (Å²) in [4.78, 5) is 18.4. The average Bonchev–Trinajstić information content (AvgIpc) is 3.12. The van der Waals surface area contributed by atoms with Crippen LogP contribution < -0.4 is 5.56 Å². The third-order valence-electron chi connectivity index (χ3n) is 4.56. The van der Waals surface area contributed by atoms with E-state index in [1.54, 1.807) is 28.4 Å². The molecule has 0 amide bonds. The summed E-state index contributed by atoms with van der Waals surface area (Å²) in [5.41, 5.74) is 3.65. The Morgan fingerprint density at radius 1 is 1.07 bits per heavy atom. The number of hydrogen-bond donors (Lipinski definition) is 0. The molecular weight excluding hydrogens is 378 g/mol. The topological polar surface area (TPSA) is 39.3 Å². The Labute approximate surface area is 166 Å². The molecule has 6 heteroatoms. The van der Waals surface area contributed by atoms with Gasteiger partial charge in [-0.25, -0.2) is 4.98 Å². The highest BCUT2D eigenvalue weighted by atomic mass is 35.5. The molecule has 2 aromatic carbocycles. The second-order valence-corrected chi connectivity index (χ2v) is 7.68. The number of fused-ring (bicyclic) bond motifs is 1. The minimum Gasteiger partial charge on any atom is -0.311 e. The van der Waals surface area contributed by atoms with Gasteiger partial charge in [0.25, 0.3) is 5.56 Å². The van der Waals surface area contributed by atoms with Crippen molar-refractivity contribution in [3.05, 3.63) is 87.4 Å². The lowest BCUT2D eigenvalue weighted by molar-refractivity contribution is 0.748. The molecule has 0 saturated heterocycles. The molecule has 0 bridgehead atoms. The van der Waals surface area contributed by atoms with Crippen LogP contribution in [0.1, 0.15) is 11.3 Å². The largest absolute Gasteiger partial charge is 0.311 e. The number of hydrogen-bond acceptors (Lipinski definition) is 3. The molecule has 0 radical (unpaired) electrons. The van der Waals surface area contributed by atoms with Crippen LogP contribution in [0.25, 0.3) is 17.0 Å². The van der Waals surface area contributed by atoms with E-state index in [9.17, 15) is 4.79 Å². The summed E-state index contributed by atoms with van der Waals surface area (Å²) in [5.74, 6) is 0.638. The van der Waals surface area contributed by atoms with Crippen molar-refractivity contribution in [1.82, 2.24) is 14.0 Å². The maximum absolute atomic E-state index is 12.5. The molecule has 136 valence electrons. The molecule has 0 saturated carbocycles. The molecule has 27 heavy (non-hydrogen) atoms. The molecule has 4 nitrogen and oxygen atoms in total. The van der Waals surface area contributed by atoms with Crippen molar-refractivity contribution in [2.75, 3.05) is 6.26 Å².